The summed E-state index contributed by atoms with van der Waals surface area (Å²) in [5.41, 5.74) is -0.349. The van der Waals surface area contributed by atoms with E-state index in [0.29, 0.717) is 3.93 Å². The number of furan rings is 1. The second-order valence-corrected chi connectivity index (χ2v) is 22.2. The minimum absolute atomic E-state index is 0.349. The monoisotopic (exact) mass is 442 g/mol. The summed E-state index contributed by atoms with van der Waals surface area (Å²) in [5, 5.41) is 11.2. The molecule has 1 aliphatic carbocycles. The van der Waals surface area contributed by atoms with Crippen molar-refractivity contribution in [3.05, 3.63) is 24.2 Å². The van der Waals surface area contributed by atoms with Gasteiger partial charge in [0.05, 0.1) is 0 Å². The number of aliphatic hydroxyl groups is 1. The Balaban J connectivity index is 2.04. The van der Waals surface area contributed by atoms with Gasteiger partial charge >= 0.3 is 153 Å². The van der Waals surface area contributed by atoms with Gasteiger partial charge < -0.3 is 0 Å². The van der Waals surface area contributed by atoms with Gasteiger partial charge in [0.25, 0.3) is 0 Å². The third-order valence-electron chi connectivity index (χ3n) is 6.25. The van der Waals surface area contributed by atoms with Gasteiger partial charge in [-0.3, -0.25) is 0 Å². The second-order valence-electron chi connectivity index (χ2n) is 8.11. The van der Waals surface area contributed by atoms with Crippen molar-refractivity contribution in [3.63, 3.8) is 0 Å². The predicted molar refractivity (Wildman–Crippen MR) is 105 cm³/mol. The van der Waals surface area contributed by atoms with Crippen LogP contribution in [0.25, 0.3) is 0 Å². The molecule has 1 aromatic rings. The van der Waals surface area contributed by atoms with Gasteiger partial charge in [0.1, 0.15) is 0 Å². The molecule has 0 amide bonds. The average Bonchev–Trinajstić information content (AvgIpc) is 3.02. The Hall–Kier alpha value is 0.0387. The molecule has 1 N–H and O–H groups in total. The van der Waals surface area contributed by atoms with E-state index in [1.807, 2.05) is 12.1 Å². The van der Waals surface area contributed by atoms with Crippen molar-refractivity contribution in [1.82, 2.24) is 0 Å². The summed E-state index contributed by atoms with van der Waals surface area (Å²) in [6, 6.07) is 4.00. The van der Waals surface area contributed by atoms with Crippen LogP contribution in [0.4, 0.5) is 0 Å². The number of aryl methyl sites for hydroxylation is 1. The van der Waals surface area contributed by atoms with Crippen LogP contribution in [0.2, 0.25) is 17.2 Å². The zero-order valence-corrected chi connectivity index (χ0v) is 19.0. The molecule has 0 aromatic carbocycles. The molecule has 1 aromatic heterocycles. The SMILES string of the molecule is CCC[CH2][Sn]([CH2]CCC)([CH2]CCC)[C@H]1C[C@]1(O)CCc1ccco1. The molecule has 1 heterocycles. The van der Waals surface area contributed by atoms with Crippen LogP contribution in [0, 0.1) is 0 Å². The van der Waals surface area contributed by atoms with Crippen molar-refractivity contribution < 1.29 is 9.52 Å². The first-order valence-electron chi connectivity index (χ1n) is 10.3. The van der Waals surface area contributed by atoms with Crippen molar-refractivity contribution in [3.8, 4) is 0 Å². The van der Waals surface area contributed by atoms with Crippen LogP contribution in [0.5, 0.6) is 0 Å². The Kier molecular flexibility index (Phi) is 8.19. The van der Waals surface area contributed by atoms with Crippen molar-refractivity contribution in [2.24, 2.45) is 0 Å². The van der Waals surface area contributed by atoms with Crippen LogP contribution in [0.15, 0.2) is 22.8 Å². The molecule has 2 rings (SSSR count). The first-order valence-corrected chi connectivity index (χ1v) is 18.0. The van der Waals surface area contributed by atoms with E-state index in [2.05, 4.69) is 20.8 Å². The van der Waals surface area contributed by atoms with Gasteiger partial charge in [-0.1, -0.05) is 0 Å². The Labute approximate surface area is 153 Å². The van der Waals surface area contributed by atoms with Crippen molar-refractivity contribution >= 4 is 18.4 Å². The van der Waals surface area contributed by atoms with Crippen molar-refractivity contribution in [2.75, 3.05) is 0 Å². The summed E-state index contributed by atoms with van der Waals surface area (Å²) >= 11 is -2.25. The molecule has 1 fully saturated rings. The first kappa shape index (κ1) is 20.4. The maximum absolute atomic E-state index is 11.2. The summed E-state index contributed by atoms with van der Waals surface area (Å²) in [5.74, 6) is 1.03. The van der Waals surface area contributed by atoms with E-state index in [-0.39, 0.29) is 5.60 Å². The second kappa shape index (κ2) is 9.66. The topological polar surface area (TPSA) is 33.4 Å². The Morgan fingerprint density at radius 2 is 1.67 bits per heavy atom. The van der Waals surface area contributed by atoms with Gasteiger partial charge in [0.15, 0.2) is 0 Å². The van der Waals surface area contributed by atoms with Gasteiger partial charge in [-0.2, -0.15) is 0 Å². The van der Waals surface area contributed by atoms with E-state index in [4.69, 9.17) is 4.42 Å². The third kappa shape index (κ3) is 5.27. The Morgan fingerprint density at radius 3 is 2.12 bits per heavy atom. The molecule has 138 valence electrons. The Morgan fingerprint density at radius 1 is 1.08 bits per heavy atom. The number of unbranched alkanes of at least 4 members (excludes halogenated alkanes) is 3. The van der Waals surface area contributed by atoms with Crippen molar-refractivity contribution in [1.29, 1.82) is 0 Å². The van der Waals surface area contributed by atoms with Crippen LogP contribution in [0.1, 0.15) is 77.9 Å². The minimum atomic E-state index is -2.25. The standard InChI is InChI=1S/C9H11O2.3C4H9.Sn/c10-9(5-6-9)4-3-8-2-1-7-11-8;3*1-3-4-2;/h1-2,5,7,10H,3-4,6H2;3*1,3-4H2,2H3;/t9-;;;;/m0..../s1. The molecule has 3 heteroatoms. The van der Waals surface area contributed by atoms with Crippen LogP contribution in [-0.4, -0.2) is 29.1 Å². The molecule has 0 bridgehead atoms. The first-order chi connectivity index (χ1) is 11.6. The van der Waals surface area contributed by atoms with E-state index in [1.165, 1.54) is 51.8 Å². The molecule has 0 spiro atoms. The summed E-state index contributed by atoms with van der Waals surface area (Å²) < 4.78 is 10.7. The maximum atomic E-state index is 11.2. The van der Waals surface area contributed by atoms with Gasteiger partial charge in [-0.25, -0.2) is 0 Å². The van der Waals surface area contributed by atoms with E-state index in [9.17, 15) is 5.11 Å². The molecule has 0 aliphatic heterocycles. The molecule has 1 saturated carbocycles. The molecule has 2 atom stereocenters. The quantitative estimate of drug-likeness (QED) is 0.352. The molecule has 0 radical (unpaired) electrons. The normalized spacial score (nSPS) is 23.6. The summed E-state index contributed by atoms with van der Waals surface area (Å²) in [7, 11) is 0. The van der Waals surface area contributed by atoms with Crippen LogP contribution >= 0.6 is 0 Å². The van der Waals surface area contributed by atoms with E-state index in [1.54, 1.807) is 6.26 Å². The molecule has 24 heavy (non-hydrogen) atoms. The molecule has 2 nitrogen and oxygen atoms in total. The van der Waals surface area contributed by atoms with E-state index < -0.39 is 18.4 Å². The number of hydrogen-bond donors (Lipinski definition) is 1. The molecule has 0 saturated heterocycles. The number of rotatable bonds is 13. The third-order valence-corrected chi connectivity index (χ3v) is 24.1. The molecular formula is C21H38O2Sn. The zero-order valence-electron chi connectivity index (χ0n) is 16.2. The fourth-order valence-corrected chi connectivity index (χ4v) is 24.7. The summed E-state index contributed by atoms with van der Waals surface area (Å²) in [6.45, 7) is 6.98. The van der Waals surface area contributed by atoms with Gasteiger partial charge in [-0.05, 0) is 0 Å². The predicted octanol–water partition coefficient (Wildman–Crippen LogP) is 6.57. The fourth-order valence-electron chi connectivity index (χ4n) is 4.64. The van der Waals surface area contributed by atoms with Crippen LogP contribution in [0.3, 0.4) is 0 Å². The van der Waals surface area contributed by atoms with Crippen LogP contribution in [-0.2, 0) is 6.42 Å². The molecular weight excluding hydrogens is 403 g/mol. The average molecular weight is 441 g/mol. The van der Waals surface area contributed by atoms with Gasteiger partial charge in [0.2, 0.25) is 0 Å². The summed E-state index contributed by atoms with van der Waals surface area (Å²) in [4.78, 5) is 0. The van der Waals surface area contributed by atoms with E-state index in [0.717, 1.165) is 25.0 Å². The Bertz CT molecular complexity index is 435. The van der Waals surface area contributed by atoms with Crippen molar-refractivity contribution in [2.45, 2.75) is 101 Å². The van der Waals surface area contributed by atoms with Gasteiger partial charge in [-0.15, -0.1) is 0 Å². The zero-order chi connectivity index (χ0) is 17.5. The fraction of sp³-hybridized carbons (Fsp3) is 0.810. The van der Waals surface area contributed by atoms with Gasteiger partial charge in [0, 0.05) is 0 Å². The molecule has 0 unspecified atom stereocenters. The molecule has 1 aliphatic rings. The number of hydrogen-bond acceptors (Lipinski definition) is 2. The summed E-state index contributed by atoms with van der Waals surface area (Å²) in [6.07, 6.45) is 12.8. The van der Waals surface area contributed by atoms with E-state index >= 15 is 0 Å². The van der Waals surface area contributed by atoms with Crippen LogP contribution < -0.4 is 0 Å².